The SMILES string of the molecule is COc1ccc2c(c1)c(CCC(=O)O)cn2S(=O)(=O)CCc1ccc(C)cc1. The average Bonchev–Trinajstić information content (AvgIpc) is 3.04. The van der Waals surface area contributed by atoms with Gasteiger partial charge in [0.25, 0.3) is 0 Å². The average molecular weight is 401 g/mol. The number of benzene rings is 2. The van der Waals surface area contributed by atoms with Crippen LogP contribution in [0.4, 0.5) is 0 Å². The third-order valence-electron chi connectivity index (χ3n) is 4.74. The van der Waals surface area contributed by atoms with Crippen molar-refractivity contribution in [2.45, 2.75) is 26.2 Å². The second-order valence-electron chi connectivity index (χ2n) is 6.78. The molecule has 0 spiro atoms. The molecule has 6 nitrogen and oxygen atoms in total. The molecule has 1 aromatic heterocycles. The molecule has 1 N–H and O–H groups in total. The molecule has 0 aliphatic carbocycles. The smallest absolute Gasteiger partial charge is 0.303 e. The number of carbonyl (C=O) groups is 1. The topological polar surface area (TPSA) is 85.6 Å². The van der Waals surface area contributed by atoms with E-state index in [1.807, 2.05) is 31.2 Å². The fraction of sp³-hybridized carbons (Fsp3) is 0.286. The Morgan fingerprint density at radius 2 is 1.82 bits per heavy atom. The van der Waals surface area contributed by atoms with Gasteiger partial charge in [0, 0.05) is 18.0 Å². The summed E-state index contributed by atoms with van der Waals surface area (Å²) in [4.78, 5) is 11.0. The molecular formula is C21H23NO5S. The molecule has 0 atom stereocenters. The van der Waals surface area contributed by atoms with Gasteiger partial charge in [-0.2, -0.15) is 0 Å². The lowest BCUT2D eigenvalue weighted by Crippen LogP contribution is -2.17. The van der Waals surface area contributed by atoms with Crippen molar-refractivity contribution in [3.8, 4) is 5.75 Å². The molecule has 3 aromatic rings. The minimum atomic E-state index is -3.60. The number of aryl methyl sites for hydroxylation is 3. The summed E-state index contributed by atoms with van der Waals surface area (Å²) >= 11 is 0. The molecule has 7 heteroatoms. The Morgan fingerprint density at radius 1 is 1.11 bits per heavy atom. The Balaban J connectivity index is 1.95. The molecule has 0 aliphatic heterocycles. The normalized spacial score (nSPS) is 11.6. The van der Waals surface area contributed by atoms with Crippen molar-refractivity contribution in [2.24, 2.45) is 0 Å². The zero-order chi connectivity index (χ0) is 20.3. The lowest BCUT2D eigenvalue weighted by atomic mass is 10.1. The van der Waals surface area contributed by atoms with E-state index in [4.69, 9.17) is 9.84 Å². The van der Waals surface area contributed by atoms with Crippen molar-refractivity contribution in [1.82, 2.24) is 3.97 Å². The van der Waals surface area contributed by atoms with Gasteiger partial charge in [-0.1, -0.05) is 29.8 Å². The van der Waals surface area contributed by atoms with Gasteiger partial charge in [0.2, 0.25) is 10.0 Å². The van der Waals surface area contributed by atoms with Gasteiger partial charge in [0.15, 0.2) is 0 Å². The number of ether oxygens (including phenoxy) is 1. The second-order valence-corrected chi connectivity index (χ2v) is 8.74. The van der Waals surface area contributed by atoms with E-state index in [0.29, 0.717) is 28.6 Å². The molecular weight excluding hydrogens is 378 g/mol. The van der Waals surface area contributed by atoms with Crippen molar-refractivity contribution in [1.29, 1.82) is 0 Å². The molecule has 0 radical (unpaired) electrons. The first-order valence-corrected chi connectivity index (χ1v) is 10.6. The number of methoxy groups -OCH3 is 1. The molecule has 0 saturated heterocycles. The highest BCUT2D eigenvalue weighted by atomic mass is 32.2. The summed E-state index contributed by atoms with van der Waals surface area (Å²) in [5, 5.41) is 9.69. The van der Waals surface area contributed by atoms with Gasteiger partial charge in [0.05, 0.1) is 18.4 Å². The second kappa shape index (κ2) is 8.06. The van der Waals surface area contributed by atoms with Gasteiger partial charge >= 0.3 is 5.97 Å². The fourth-order valence-corrected chi connectivity index (χ4v) is 4.58. The van der Waals surface area contributed by atoms with Crippen LogP contribution in [-0.4, -0.2) is 36.3 Å². The maximum Gasteiger partial charge on any atom is 0.303 e. The number of rotatable bonds is 8. The molecule has 0 amide bonds. The molecule has 28 heavy (non-hydrogen) atoms. The van der Waals surface area contributed by atoms with Crippen LogP contribution in [0.15, 0.2) is 48.7 Å². The van der Waals surface area contributed by atoms with E-state index in [0.717, 1.165) is 11.1 Å². The molecule has 0 bridgehead atoms. The molecule has 2 aromatic carbocycles. The van der Waals surface area contributed by atoms with Gasteiger partial charge in [-0.25, -0.2) is 12.4 Å². The van der Waals surface area contributed by atoms with E-state index in [2.05, 4.69) is 0 Å². The summed E-state index contributed by atoms with van der Waals surface area (Å²) in [6.07, 6.45) is 2.12. The maximum atomic E-state index is 13.0. The number of fused-ring (bicyclic) bond motifs is 1. The van der Waals surface area contributed by atoms with Crippen LogP contribution in [0.5, 0.6) is 5.75 Å². The molecule has 0 fully saturated rings. The zero-order valence-corrected chi connectivity index (χ0v) is 16.7. The number of nitrogens with zero attached hydrogens (tertiary/aromatic N) is 1. The van der Waals surface area contributed by atoms with Crippen LogP contribution >= 0.6 is 0 Å². The number of hydrogen-bond donors (Lipinski definition) is 1. The van der Waals surface area contributed by atoms with Gasteiger partial charge in [-0.3, -0.25) is 4.79 Å². The summed E-state index contributed by atoms with van der Waals surface area (Å²) in [6.45, 7) is 1.99. The van der Waals surface area contributed by atoms with Crippen molar-refractivity contribution < 1.29 is 23.1 Å². The number of aromatic nitrogens is 1. The van der Waals surface area contributed by atoms with Crippen LogP contribution in [0, 0.1) is 6.92 Å². The van der Waals surface area contributed by atoms with Gasteiger partial charge in [-0.05, 0) is 49.1 Å². The van der Waals surface area contributed by atoms with E-state index in [-0.39, 0.29) is 18.6 Å². The van der Waals surface area contributed by atoms with Crippen LogP contribution in [0.1, 0.15) is 23.1 Å². The fourth-order valence-electron chi connectivity index (χ4n) is 3.14. The highest BCUT2D eigenvalue weighted by molar-refractivity contribution is 7.90. The number of carboxylic acids is 1. The third kappa shape index (κ3) is 4.36. The van der Waals surface area contributed by atoms with Crippen LogP contribution in [0.25, 0.3) is 10.9 Å². The molecule has 0 saturated carbocycles. The molecule has 3 rings (SSSR count). The van der Waals surface area contributed by atoms with E-state index in [1.165, 1.54) is 17.3 Å². The van der Waals surface area contributed by atoms with E-state index in [1.54, 1.807) is 18.2 Å². The van der Waals surface area contributed by atoms with E-state index >= 15 is 0 Å². The summed E-state index contributed by atoms with van der Waals surface area (Å²) < 4.78 is 32.5. The highest BCUT2D eigenvalue weighted by Crippen LogP contribution is 2.28. The number of carboxylic acid groups (broad SMARTS) is 1. The minimum absolute atomic E-state index is 0.0375. The standard InChI is InChI=1S/C21H23NO5S/c1-15-3-5-16(6-4-15)11-12-28(25,26)22-14-17(7-10-21(23)24)19-13-18(27-2)8-9-20(19)22/h3-6,8-9,13-14H,7,10-12H2,1-2H3,(H,23,24). The Labute approximate surface area is 164 Å². The Kier molecular flexibility index (Phi) is 5.74. The largest absolute Gasteiger partial charge is 0.497 e. The molecule has 0 aliphatic rings. The van der Waals surface area contributed by atoms with Crippen molar-refractivity contribution in [3.05, 3.63) is 65.4 Å². The van der Waals surface area contributed by atoms with Crippen LogP contribution in [-0.2, 0) is 27.7 Å². The number of aliphatic carboxylic acids is 1. The predicted octanol–water partition coefficient (Wildman–Crippen LogP) is 3.40. The lowest BCUT2D eigenvalue weighted by molar-refractivity contribution is -0.136. The van der Waals surface area contributed by atoms with Gasteiger partial charge in [0.1, 0.15) is 5.75 Å². The molecule has 0 unspecified atom stereocenters. The monoisotopic (exact) mass is 401 g/mol. The molecule has 1 heterocycles. The predicted molar refractivity (Wildman–Crippen MR) is 109 cm³/mol. The third-order valence-corrected chi connectivity index (χ3v) is 6.36. The Hall–Kier alpha value is -2.80. The van der Waals surface area contributed by atoms with Crippen molar-refractivity contribution in [3.63, 3.8) is 0 Å². The molecule has 148 valence electrons. The van der Waals surface area contributed by atoms with Crippen LogP contribution < -0.4 is 4.74 Å². The summed E-state index contributed by atoms with van der Waals surface area (Å²) in [5.41, 5.74) is 3.29. The first-order chi connectivity index (χ1) is 13.3. The first-order valence-electron chi connectivity index (χ1n) is 8.99. The van der Waals surface area contributed by atoms with Crippen molar-refractivity contribution >= 4 is 26.9 Å². The summed E-state index contributed by atoms with van der Waals surface area (Å²) in [7, 11) is -2.07. The van der Waals surface area contributed by atoms with Gasteiger partial charge < -0.3 is 9.84 Å². The van der Waals surface area contributed by atoms with Gasteiger partial charge in [-0.15, -0.1) is 0 Å². The summed E-state index contributed by atoms with van der Waals surface area (Å²) in [5.74, 6) is -0.366. The van der Waals surface area contributed by atoms with E-state index < -0.39 is 16.0 Å². The Morgan fingerprint density at radius 3 is 2.46 bits per heavy atom. The van der Waals surface area contributed by atoms with Crippen LogP contribution in [0.2, 0.25) is 0 Å². The number of hydrogen-bond acceptors (Lipinski definition) is 4. The Bertz CT molecular complexity index is 1100. The lowest BCUT2D eigenvalue weighted by Gasteiger charge is -2.08. The quantitative estimate of drug-likeness (QED) is 0.625. The summed E-state index contributed by atoms with van der Waals surface area (Å²) in [6, 6.07) is 12.9. The van der Waals surface area contributed by atoms with Crippen molar-refractivity contribution in [2.75, 3.05) is 12.9 Å². The zero-order valence-electron chi connectivity index (χ0n) is 15.9. The highest BCUT2D eigenvalue weighted by Gasteiger charge is 2.20. The minimum Gasteiger partial charge on any atom is -0.497 e. The van der Waals surface area contributed by atoms with E-state index in [9.17, 15) is 13.2 Å². The van der Waals surface area contributed by atoms with Crippen LogP contribution in [0.3, 0.4) is 0 Å². The first kappa shape index (κ1) is 19.9. The maximum absolute atomic E-state index is 13.0.